The van der Waals surface area contributed by atoms with Crippen molar-refractivity contribution in [2.24, 2.45) is 0 Å². The number of hydrogen-bond donors (Lipinski definition) is 2. The van der Waals surface area contributed by atoms with Gasteiger partial charge in [-0.1, -0.05) is 6.07 Å². The van der Waals surface area contributed by atoms with E-state index in [4.69, 9.17) is 10.1 Å². The summed E-state index contributed by atoms with van der Waals surface area (Å²) >= 11 is 1.59. The predicted molar refractivity (Wildman–Crippen MR) is 85.0 cm³/mol. The molecule has 1 aliphatic rings. The minimum atomic E-state index is 0.201. The zero-order chi connectivity index (χ0) is 14.7. The average Bonchev–Trinajstić information content (AvgIpc) is 3.09. The van der Waals surface area contributed by atoms with E-state index in [0.29, 0.717) is 6.04 Å². The van der Waals surface area contributed by atoms with Crippen LogP contribution in [0, 0.1) is 6.92 Å². The third-order valence-electron chi connectivity index (χ3n) is 3.72. The molecular formula is C15H20N4OS. The first-order valence-electron chi connectivity index (χ1n) is 7.27. The Morgan fingerprint density at radius 3 is 3.10 bits per heavy atom. The Bertz CT molecular complexity index is 601. The van der Waals surface area contributed by atoms with Gasteiger partial charge in [0.15, 0.2) is 5.13 Å². The maximum Gasteiger partial charge on any atom is 0.188 e. The van der Waals surface area contributed by atoms with E-state index in [0.717, 1.165) is 48.3 Å². The summed E-state index contributed by atoms with van der Waals surface area (Å²) in [6, 6.07) is 6.38. The molecular weight excluding hydrogens is 284 g/mol. The van der Waals surface area contributed by atoms with E-state index in [1.54, 1.807) is 11.3 Å². The summed E-state index contributed by atoms with van der Waals surface area (Å²) in [5, 5.41) is 15.3. The van der Waals surface area contributed by atoms with E-state index in [1.807, 2.05) is 24.4 Å². The zero-order valence-corrected chi connectivity index (χ0v) is 12.9. The van der Waals surface area contributed by atoms with E-state index in [-0.39, 0.29) is 6.61 Å². The molecule has 112 valence electrons. The molecule has 1 atom stereocenters. The van der Waals surface area contributed by atoms with Crippen molar-refractivity contribution >= 4 is 22.3 Å². The van der Waals surface area contributed by atoms with E-state index in [2.05, 4.69) is 21.3 Å². The number of aliphatic hydroxyl groups is 1. The molecule has 3 heterocycles. The Balaban J connectivity index is 1.76. The second-order valence-corrected chi connectivity index (χ2v) is 6.14. The maximum atomic E-state index is 9.16. The minimum Gasteiger partial charge on any atom is -0.395 e. The number of aryl methyl sites for hydroxylation is 1. The van der Waals surface area contributed by atoms with Crippen LogP contribution in [0.5, 0.6) is 0 Å². The molecule has 0 saturated carbocycles. The maximum absolute atomic E-state index is 9.16. The molecule has 1 saturated heterocycles. The summed E-state index contributed by atoms with van der Waals surface area (Å²) in [5.74, 6) is 0.831. The molecule has 2 aromatic heterocycles. The number of anilines is 2. The van der Waals surface area contributed by atoms with Gasteiger partial charge in [0.1, 0.15) is 5.82 Å². The molecule has 0 amide bonds. The SMILES string of the molecule is Cc1csc(Nc2cccc([C@H]3CCCN3CCO)n2)n1. The first-order chi connectivity index (χ1) is 10.3. The molecule has 0 radical (unpaired) electrons. The van der Waals surface area contributed by atoms with Crippen molar-refractivity contribution in [1.82, 2.24) is 14.9 Å². The number of aliphatic hydroxyl groups excluding tert-OH is 1. The summed E-state index contributed by atoms with van der Waals surface area (Å²) < 4.78 is 0. The fraction of sp³-hybridized carbons (Fsp3) is 0.467. The number of nitrogens with one attached hydrogen (secondary N) is 1. The minimum absolute atomic E-state index is 0.201. The van der Waals surface area contributed by atoms with Crippen molar-refractivity contribution in [3.05, 3.63) is 35.0 Å². The summed E-state index contributed by atoms with van der Waals surface area (Å²) in [4.78, 5) is 11.4. The molecule has 1 aliphatic heterocycles. The fourth-order valence-electron chi connectivity index (χ4n) is 2.78. The summed E-state index contributed by atoms with van der Waals surface area (Å²) in [6.45, 7) is 3.94. The molecule has 2 N–H and O–H groups in total. The van der Waals surface area contributed by atoms with Gasteiger partial charge < -0.3 is 10.4 Å². The van der Waals surface area contributed by atoms with Crippen LogP contribution in [0.25, 0.3) is 0 Å². The highest BCUT2D eigenvalue weighted by Gasteiger charge is 2.26. The van der Waals surface area contributed by atoms with Crippen LogP contribution < -0.4 is 5.32 Å². The monoisotopic (exact) mass is 304 g/mol. The van der Waals surface area contributed by atoms with Crippen molar-refractivity contribution < 1.29 is 5.11 Å². The van der Waals surface area contributed by atoms with Crippen molar-refractivity contribution in [2.45, 2.75) is 25.8 Å². The average molecular weight is 304 g/mol. The van der Waals surface area contributed by atoms with Gasteiger partial charge in [0.2, 0.25) is 0 Å². The van der Waals surface area contributed by atoms with Crippen LogP contribution in [0.2, 0.25) is 0 Å². The summed E-state index contributed by atoms with van der Waals surface area (Å²) in [6.07, 6.45) is 2.27. The Kier molecular flexibility index (Phi) is 4.48. The van der Waals surface area contributed by atoms with E-state index in [1.165, 1.54) is 0 Å². The van der Waals surface area contributed by atoms with Crippen LogP contribution in [0.1, 0.15) is 30.3 Å². The fourth-order valence-corrected chi connectivity index (χ4v) is 3.48. The first-order valence-corrected chi connectivity index (χ1v) is 8.15. The third-order valence-corrected chi connectivity index (χ3v) is 4.59. The van der Waals surface area contributed by atoms with Crippen molar-refractivity contribution in [3.63, 3.8) is 0 Å². The second kappa shape index (κ2) is 6.51. The molecule has 1 fully saturated rings. The van der Waals surface area contributed by atoms with Gasteiger partial charge in [-0.3, -0.25) is 4.90 Å². The Morgan fingerprint density at radius 2 is 2.33 bits per heavy atom. The van der Waals surface area contributed by atoms with E-state index >= 15 is 0 Å². The van der Waals surface area contributed by atoms with Gasteiger partial charge in [-0.15, -0.1) is 11.3 Å². The van der Waals surface area contributed by atoms with Crippen molar-refractivity contribution in [1.29, 1.82) is 0 Å². The third kappa shape index (κ3) is 3.40. The summed E-state index contributed by atoms with van der Waals surface area (Å²) in [5.41, 5.74) is 2.09. The highest BCUT2D eigenvalue weighted by atomic mass is 32.1. The van der Waals surface area contributed by atoms with Crippen LogP contribution in [0.15, 0.2) is 23.6 Å². The van der Waals surface area contributed by atoms with Gasteiger partial charge in [-0.25, -0.2) is 9.97 Å². The van der Waals surface area contributed by atoms with Crippen LogP contribution in [0.3, 0.4) is 0 Å². The number of β-amino-alcohol motifs (C(OH)–C–C–N with tert-alkyl or cyclic N) is 1. The lowest BCUT2D eigenvalue weighted by Crippen LogP contribution is -2.27. The number of hydrogen-bond acceptors (Lipinski definition) is 6. The lowest BCUT2D eigenvalue weighted by molar-refractivity contribution is 0.184. The van der Waals surface area contributed by atoms with Crippen LogP contribution in [-0.4, -0.2) is 39.7 Å². The largest absolute Gasteiger partial charge is 0.395 e. The molecule has 0 aliphatic carbocycles. The van der Waals surface area contributed by atoms with E-state index < -0.39 is 0 Å². The number of aromatic nitrogens is 2. The normalized spacial score (nSPS) is 19.0. The number of nitrogens with zero attached hydrogens (tertiary/aromatic N) is 3. The van der Waals surface area contributed by atoms with Crippen molar-refractivity contribution in [2.75, 3.05) is 25.0 Å². The highest BCUT2D eigenvalue weighted by Crippen LogP contribution is 2.31. The molecule has 3 rings (SSSR count). The Morgan fingerprint density at radius 1 is 1.43 bits per heavy atom. The molecule has 0 bridgehead atoms. The van der Waals surface area contributed by atoms with Gasteiger partial charge >= 0.3 is 0 Å². The number of rotatable bonds is 5. The molecule has 0 aromatic carbocycles. The predicted octanol–water partition coefficient (Wildman–Crippen LogP) is 2.72. The highest BCUT2D eigenvalue weighted by molar-refractivity contribution is 7.13. The molecule has 6 heteroatoms. The van der Waals surface area contributed by atoms with Gasteiger partial charge in [-0.05, 0) is 38.4 Å². The first kappa shape index (κ1) is 14.4. The number of thiazole rings is 1. The zero-order valence-electron chi connectivity index (χ0n) is 12.1. The smallest absolute Gasteiger partial charge is 0.188 e. The summed E-state index contributed by atoms with van der Waals surface area (Å²) in [7, 11) is 0. The lowest BCUT2D eigenvalue weighted by Gasteiger charge is -2.23. The van der Waals surface area contributed by atoms with Crippen LogP contribution in [-0.2, 0) is 0 Å². The quantitative estimate of drug-likeness (QED) is 0.889. The number of pyridine rings is 1. The molecule has 0 spiro atoms. The molecule has 2 aromatic rings. The second-order valence-electron chi connectivity index (χ2n) is 5.28. The molecule has 21 heavy (non-hydrogen) atoms. The van der Waals surface area contributed by atoms with Crippen LogP contribution >= 0.6 is 11.3 Å². The molecule has 0 unspecified atom stereocenters. The van der Waals surface area contributed by atoms with Gasteiger partial charge in [0, 0.05) is 11.9 Å². The Hall–Kier alpha value is -1.50. The van der Waals surface area contributed by atoms with Crippen LogP contribution in [0.4, 0.5) is 10.9 Å². The van der Waals surface area contributed by atoms with Gasteiger partial charge in [-0.2, -0.15) is 0 Å². The van der Waals surface area contributed by atoms with E-state index in [9.17, 15) is 0 Å². The number of likely N-dealkylation sites (tertiary alicyclic amines) is 1. The van der Waals surface area contributed by atoms with Crippen molar-refractivity contribution in [3.8, 4) is 0 Å². The topological polar surface area (TPSA) is 61.3 Å². The standard InChI is InChI=1S/C15H20N4OS/c1-11-10-21-15(16-11)18-14-6-2-4-12(17-14)13-5-3-7-19(13)8-9-20/h2,4,6,10,13,20H,3,5,7-9H2,1H3,(H,16,17,18)/t13-/m1/s1. The Labute approximate surface area is 128 Å². The van der Waals surface area contributed by atoms with Gasteiger partial charge in [0.05, 0.1) is 24.0 Å². The van der Waals surface area contributed by atoms with Gasteiger partial charge in [0.25, 0.3) is 0 Å². The lowest BCUT2D eigenvalue weighted by atomic mass is 10.1. The molecule has 5 nitrogen and oxygen atoms in total.